The van der Waals surface area contributed by atoms with Crippen molar-refractivity contribution in [1.29, 1.82) is 0 Å². The molecule has 118 valence electrons. The molecule has 0 aliphatic heterocycles. The molecule has 0 saturated heterocycles. The molecule has 0 saturated carbocycles. The van der Waals surface area contributed by atoms with E-state index in [1.54, 1.807) is 6.08 Å². The molecule has 0 atom stereocenters. The summed E-state index contributed by atoms with van der Waals surface area (Å²) in [5, 5.41) is 0. The summed E-state index contributed by atoms with van der Waals surface area (Å²) in [6, 6.07) is 0. The van der Waals surface area contributed by atoms with Crippen LogP contribution in [-0.4, -0.2) is 0 Å². The van der Waals surface area contributed by atoms with Crippen molar-refractivity contribution >= 4 is 0 Å². The Labute approximate surface area is 132 Å². The maximum atomic E-state index is 5.22. The Morgan fingerprint density at radius 1 is 0.571 bits per heavy atom. The Kier molecular flexibility index (Phi) is 17.2. The van der Waals surface area contributed by atoms with Crippen molar-refractivity contribution in [3.05, 3.63) is 60.9 Å². The van der Waals surface area contributed by atoms with Gasteiger partial charge in [-0.2, -0.15) is 0 Å². The number of unbranched alkanes of at least 4 members (excludes halogenated alkanes) is 8. The van der Waals surface area contributed by atoms with Gasteiger partial charge < -0.3 is 5.73 Å². The summed E-state index contributed by atoms with van der Waals surface area (Å²) >= 11 is 0. The Morgan fingerprint density at radius 2 is 1.05 bits per heavy atom. The highest BCUT2D eigenvalue weighted by Gasteiger charge is 1.89. The molecule has 0 amide bonds. The third-order valence-corrected chi connectivity index (χ3v) is 3.25. The second-order valence-electron chi connectivity index (χ2n) is 5.23. The van der Waals surface area contributed by atoms with E-state index >= 15 is 0 Å². The predicted octanol–water partition coefficient (Wildman–Crippen LogP) is 6.21. The van der Waals surface area contributed by atoms with Crippen molar-refractivity contribution in [1.82, 2.24) is 0 Å². The molecule has 0 rings (SSSR count). The smallest absolute Gasteiger partial charge is 0.00624 e. The van der Waals surface area contributed by atoms with Crippen LogP contribution in [0.4, 0.5) is 0 Å². The summed E-state index contributed by atoms with van der Waals surface area (Å²) in [5.74, 6) is 0. The largest absolute Gasteiger partial charge is 0.405 e. The molecule has 1 nitrogen and oxygen atoms in total. The van der Waals surface area contributed by atoms with Crippen molar-refractivity contribution in [2.45, 2.75) is 64.7 Å². The fraction of sp³-hybridized carbons (Fsp3) is 0.500. The molecule has 0 unspecified atom stereocenters. The second kappa shape index (κ2) is 18.5. The van der Waals surface area contributed by atoms with E-state index < -0.39 is 0 Å². The van der Waals surface area contributed by atoms with E-state index in [4.69, 9.17) is 5.73 Å². The standard InChI is InChI=1S/C20H33N/c1-2-3-4-5-6-7-8-9-10-11-12-13-14-15-16-17-18-19-20-21/h11-20H,2-10,21H2,1H3/b12-11+,14-13+,16-15+,18-17+,20-19+. The highest BCUT2D eigenvalue weighted by molar-refractivity contribution is 5.17. The van der Waals surface area contributed by atoms with Crippen LogP contribution in [0.3, 0.4) is 0 Å². The molecule has 0 aliphatic rings. The monoisotopic (exact) mass is 287 g/mol. The van der Waals surface area contributed by atoms with Crippen LogP contribution in [0, 0.1) is 0 Å². The van der Waals surface area contributed by atoms with E-state index in [0.717, 1.165) is 0 Å². The normalized spacial score (nSPS) is 13.0. The Morgan fingerprint density at radius 3 is 1.62 bits per heavy atom. The first-order chi connectivity index (χ1) is 10.4. The second-order valence-corrected chi connectivity index (χ2v) is 5.23. The summed E-state index contributed by atoms with van der Waals surface area (Å²) in [6.07, 6.45) is 32.0. The van der Waals surface area contributed by atoms with Crippen LogP contribution in [0.1, 0.15) is 64.7 Å². The SMILES string of the molecule is CCCCCCCCCC/C=C/C=C/C=C/C=C/C=C/N. The fourth-order valence-corrected chi connectivity index (χ4v) is 2.02. The molecule has 0 aromatic heterocycles. The minimum Gasteiger partial charge on any atom is -0.405 e. The number of hydrogen-bond acceptors (Lipinski definition) is 1. The van der Waals surface area contributed by atoms with E-state index in [9.17, 15) is 0 Å². The number of hydrogen-bond donors (Lipinski definition) is 1. The van der Waals surface area contributed by atoms with Crippen LogP contribution < -0.4 is 5.73 Å². The zero-order chi connectivity index (χ0) is 15.4. The molecule has 0 spiro atoms. The maximum absolute atomic E-state index is 5.22. The highest BCUT2D eigenvalue weighted by atomic mass is 14.5. The van der Waals surface area contributed by atoms with Gasteiger partial charge in [0, 0.05) is 0 Å². The van der Waals surface area contributed by atoms with Gasteiger partial charge in [0.25, 0.3) is 0 Å². The third kappa shape index (κ3) is 18.5. The van der Waals surface area contributed by atoms with E-state index in [-0.39, 0.29) is 0 Å². The molecule has 2 N–H and O–H groups in total. The van der Waals surface area contributed by atoms with E-state index in [2.05, 4.69) is 25.2 Å². The topological polar surface area (TPSA) is 26.0 Å². The minimum atomic E-state index is 1.20. The van der Waals surface area contributed by atoms with Crippen molar-refractivity contribution in [2.24, 2.45) is 5.73 Å². The van der Waals surface area contributed by atoms with Crippen LogP contribution in [0.5, 0.6) is 0 Å². The summed E-state index contributed by atoms with van der Waals surface area (Å²) in [5.41, 5.74) is 5.22. The molecule has 0 heterocycles. The first kappa shape index (κ1) is 19.5. The minimum absolute atomic E-state index is 1.20. The molecule has 0 aromatic rings. The lowest BCUT2D eigenvalue weighted by molar-refractivity contribution is 0.577. The van der Waals surface area contributed by atoms with E-state index in [1.165, 1.54) is 64.0 Å². The molecule has 0 bridgehead atoms. The summed E-state index contributed by atoms with van der Waals surface area (Å²) in [4.78, 5) is 0. The molecule has 0 aromatic carbocycles. The molecule has 21 heavy (non-hydrogen) atoms. The van der Waals surface area contributed by atoms with Gasteiger partial charge in [-0.1, -0.05) is 100 Å². The Bertz CT molecular complexity index is 332. The van der Waals surface area contributed by atoms with Gasteiger partial charge in [-0.3, -0.25) is 0 Å². The molecule has 0 radical (unpaired) electrons. The van der Waals surface area contributed by atoms with Gasteiger partial charge in [-0.25, -0.2) is 0 Å². The van der Waals surface area contributed by atoms with Crippen LogP contribution in [-0.2, 0) is 0 Å². The van der Waals surface area contributed by atoms with Crippen molar-refractivity contribution in [3.8, 4) is 0 Å². The first-order valence-electron chi connectivity index (χ1n) is 8.45. The van der Waals surface area contributed by atoms with E-state index in [0.29, 0.717) is 0 Å². The molecular formula is C20H33N. The van der Waals surface area contributed by atoms with Crippen LogP contribution >= 0.6 is 0 Å². The lowest BCUT2D eigenvalue weighted by Crippen LogP contribution is -1.79. The highest BCUT2D eigenvalue weighted by Crippen LogP contribution is 2.09. The summed E-state index contributed by atoms with van der Waals surface area (Å²) in [6.45, 7) is 2.27. The van der Waals surface area contributed by atoms with Gasteiger partial charge in [0.1, 0.15) is 0 Å². The first-order valence-corrected chi connectivity index (χ1v) is 8.45. The number of allylic oxidation sites excluding steroid dienone is 9. The van der Waals surface area contributed by atoms with Gasteiger partial charge in [0.05, 0.1) is 0 Å². The lowest BCUT2D eigenvalue weighted by atomic mass is 10.1. The molecule has 0 fully saturated rings. The van der Waals surface area contributed by atoms with Crippen molar-refractivity contribution in [3.63, 3.8) is 0 Å². The van der Waals surface area contributed by atoms with Gasteiger partial charge in [0.2, 0.25) is 0 Å². The van der Waals surface area contributed by atoms with Crippen molar-refractivity contribution in [2.75, 3.05) is 0 Å². The lowest BCUT2D eigenvalue weighted by Gasteiger charge is -1.99. The molecular weight excluding hydrogens is 254 g/mol. The van der Waals surface area contributed by atoms with Crippen LogP contribution in [0.15, 0.2) is 60.9 Å². The maximum Gasteiger partial charge on any atom is -0.00624 e. The van der Waals surface area contributed by atoms with Crippen molar-refractivity contribution < 1.29 is 0 Å². The third-order valence-electron chi connectivity index (χ3n) is 3.25. The Hall–Kier alpha value is -1.50. The fourth-order valence-electron chi connectivity index (χ4n) is 2.02. The Balaban J connectivity index is 3.36. The number of nitrogens with two attached hydrogens (primary N) is 1. The summed E-state index contributed by atoms with van der Waals surface area (Å²) < 4.78 is 0. The average Bonchev–Trinajstić information content (AvgIpc) is 2.50. The quantitative estimate of drug-likeness (QED) is 0.316. The van der Waals surface area contributed by atoms with E-state index in [1.807, 2.05) is 30.4 Å². The number of rotatable bonds is 13. The van der Waals surface area contributed by atoms with Gasteiger partial charge in [0.15, 0.2) is 0 Å². The zero-order valence-corrected chi connectivity index (χ0v) is 13.7. The van der Waals surface area contributed by atoms with Crippen LogP contribution in [0.25, 0.3) is 0 Å². The van der Waals surface area contributed by atoms with Gasteiger partial charge in [-0.05, 0) is 25.1 Å². The zero-order valence-electron chi connectivity index (χ0n) is 13.7. The molecule has 0 aliphatic carbocycles. The summed E-state index contributed by atoms with van der Waals surface area (Å²) in [7, 11) is 0. The van der Waals surface area contributed by atoms with Gasteiger partial charge in [-0.15, -0.1) is 0 Å². The average molecular weight is 287 g/mol. The molecule has 1 heteroatoms. The predicted molar refractivity (Wildman–Crippen MR) is 97.1 cm³/mol. The van der Waals surface area contributed by atoms with Gasteiger partial charge >= 0.3 is 0 Å². The van der Waals surface area contributed by atoms with Crippen LogP contribution in [0.2, 0.25) is 0 Å².